The highest BCUT2D eigenvalue weighted by molar-refractivity contribution is 14.0. The maximum Gasteiger partial charge on any atom is 0.193 e. The monoisotopic (exact) mass is 451 g/mol. The number of aliphatic hydroxyl groups is 1. The van der Waals surface area contributed by atoms with E-state index >= 15 is 0 Å². The quantitative estimate of drug-likeness (QED) is 0.343. The summed E-state index contributed by atoms with van der Waals surface area (Å²) in [4.78, 5) is 6.75. The molecule has 1 rings (SSSR count). The van der Waals surface area contributed by atoms with E-state index in [1.165, 1.54) is 12.1 Å². The molecule has 4 nitrogen and oxygen atoms in total. The molecule has 1 aromatic rings. The zero-order valence-electron chi connectivity index (χ0n) is 15.0. The van der Waals surface area contributed by atoms with Gasteiger partial charge in [0.05, 0.1) is 0 Å². The van der Waals surface area contributed by atoms with Crippen molar-refractivity contribution in [3.63, 3.8) is 0 Å². The minimum Gasteiger partial charge on any atom is -0.396 e. The smallest absolute Gasteiger partial charge is 0.193 e. The lowest BCUT2D eigenvalue weighted by molar-refractivity contribution is 0.253. The summed E-state index contributed by atoms with van der Waals surface area (Å²) in [7, 11) is 1.98. The Morgan fingerprint density at radius 1 is 1.25 bits per heavy atom. The van der Waals surface area contributed by atoms with E-state index in [2.05, 4.69) is 12.2 Å². The molecule has 1 unspecified atom stereocenters. The van der Waals surface area contributed by atoms with Gasteiger partial charge < -0.3 is 15.3 Å². The van der Waals surface area contributed by atoms with Crippen LogP contribution < -0.4 is 5.32 Å². The predicted molar refractivity (Wildman–Crippen MR) is 109 cm³/mol. The molecular formula is C18H31FIN3O. The summed E-state index contributed by atoms with van der Waals surface area (Å²) in [6.07, 6.45) is 2.96. The average Bonchev–Trinajstić information content (AvgIpc) is 2.53. The van der Waals surface area contributed by atoms with Crippen LogP contribution in [0.25, 0.3) is 0 Å². The summed E-state index contributed by atoms with van der Waals surface area (Å²) in [5, 5.41) is 12.4. The summed E-state index contributed by atoms with van der Waals surface area (Å²) in [6, 6.07) is 6.54. The summed E-state index contributed by atoms with van der Waals surface area (Å²) >= 11 is 0. The number of aliphatic hydroxyl groups excluding tert-OH is 1. The van der Waals surface area contributed by atoms with Crippen LogP contribution in [0.15, 0.2) is 29.3 Å². The van der Waals surface area contributed by atoms with Crippen molar-refractivity contribution < 1.29 is 9.50 Å². The SMILES string of the molecule is CCCC(CCO)CN=C(NCC)N(C)Cc1ccc(F)cc1.I. The normalized spacial score (nSPS) is 12.5. The van der Waals surface area contributed by atoms with Crippen LogP contribution in [0.1, 0.15) is 38.7 Å². The number of halogens is 2. The van der Waals surface area contributed by atoms with Gasteiger partial charge in [0.15, 0.2) is 5.96 Å². The molecule has 0 aliphatic rings. The number of hydrogen-bond acceptors (Lipinski definition) is 2. The Morgan fingerprint density at radius 2 is 1.92 bits per heavy atom. The second-order valence-corrected chi connectivity index (χ2v) is 5.84. The van der Waals surface area contributed by atoms with Crippen molar-refractivity contribution in [3.05, 3.63) is 35.6 Å². The number of nitrogens with zero attached hydrogens (tertiary/aromatic N) is 2. The molecule has 0 saturated heterocycles. The maximum atomic E-state index is 13.0. The molecule has 0 bridgehead atoms. The van der Waals surface area contributed by atoms with E-state index in [0.29, 0.717) is 19.0 Å². The molecule has 6 heteroatoms. The summed E-state index contributed by atoms with van der Waals surface area (Å²) < 4.78 is 13.0. The van der Waals surface area contributed by atoms with Gasteiger partial charge in [-0.1, -0.05) is 25.5 Å². The van der Waals surface area contributed by atoms with E-state index in [4.69, 9.17) is 10.1 Å². The van der Waals surface area contributed by atoms with Crippen LogP contribution >= 0.6 is 24.0 Å². The molecule has 0 fully saturated rings. The third kappa shape index (κ3) is 8.82. The van der Waals surface area contributed by atoms with Crippen molar-refractivity contribution in [2.75, 3.05) is 26.7 Å². The van der Waals surface area contributed by atoms with E-state index < -0.39 is 0 Å². The van der Waals surface area contributed by atoms with Crippen LogP contribution in [0.2, 0.25) is 0 Å². The number of guanidine groups is 1. The van der Waals surface area contributed by atoms with Gasteiger partial charge in [-0.3, -0.25) is 4.99 Å². The highest BCUT2D eigenvalue weighted by Gasteiger charge is 2.10. The fourth-order valence-corrected chi connectivity index (χ4v) is 2.54. The van der Waals surface area contributed by atoms with Crippen LogP contribution in [-0.2, 0) is 6.54 Å². The maximum absolute atomic E-state index is 13.0. The third-order valence-electron chi connectivity index (χ3n) is 3.76. The lowest BCUT2D eigenvalue weighted by Crippen LogP contribution is -2.38. The van der Waals surface area contributed by atoms with Crippen LogP contribution in [0.4, 0.5) is 4.39 Å². The number of hydrogen-bond donors (Lipinski definition) is 2. The van der Waals surface area contributed by atoms with Gasteiger partial charge in [0.2, 0.25) is 0 Å². The van der Waals surface area contributed by atoms with Crippen LogP contribution in [-0.4, -0.2) is 42.7 Å². The van der Waals surface area contributed by atoms with E-state index in [0.717, 1.165) is 37.3 Å². The molecule has 0 aliphatic heterocycles. The fraction of sp³-hybridized carbons (Fsp3) is 0.611. The lowest BCUT2D eigenvalue weighted by atomic mass is 10.0. The van der Waals surface area contributed by atoms with Crippen molar-refractivity contribution in [1.82, 2.24) is 10.2 Å². The molecule has 0 aliphatic carbocycles. The Bertz CT molecular complexity index is 462. The molecule has 24 heavy (non-hydrogen) atoms. The van der Waals surface area contributed by atoms with Gasteiger partial charge in [-0.2, -0.15) is 0 Å². The summed E-state index contributed by atoms with van der Waals surface area (Å²) in [5.74, 6) is 1.04. The summed E-state index contributed by atoms with van der Waals surface area (Å²) in [5.41, 5.74) is 1.04. The molecule has 0 radical (unpaired) electrons. The molecular weight excluding hydrogens is 420 g/mol. The number of nitrogens with one attached hydrogen (secondary N) is 1. The van der Waals surface area contributed by atoms with Crippen LogP contribution in [0.5, 0.6) is 0 Å². The first-order valence-electron chi connectivity index (χ1n) is 8.45. The first kappa shape index (κ1) is 23.1. The Labute approximate surface area is 162 Å². The Morgan fingerprint density at radius 3 is 2.46 bits per heavy atom. The van der Waals surface area contributed by atoms with E-state index in [1.807, 2.05) is 18.9 Å². The molecule has 0 saturated carbocycles. The van der Waals surface area contributed by atoms with Gasteiger partial charge in [-0.05, 0) is 43.4 Å². The van der Waals surface area contributed by atoms with Crippen molar-refractivity contribution in [3.8, 4) is 0 Å². The first-order valence-corrected chi connectivity index (χ1v) is 8.45. The van der Waals surface area contributed by atoms with Crippen LogP contribution in [0, 0.1) is 11.7 Å². The second kappa shape index (κ2) is 13.4. The van der Waals surface area contributed by atoms with Gasteiger partial charge in [0, 0.05) is 33.3 Å². The summed E-state index contributed by atoms with van der Waals surface area (Å²) in [6.45, 7) is 6.58. The van der Waals surface area contributed by atoms with Crippen molar-refractivity contribution in [2.24, 2.45) is 10.9 Å². The minimum atomic E-state index is -0.219. The van der Waals surface area contributed by atoms with Crippen molar-refractivity contribution in [2.45, 2.75) is 39.7 Å². The Kier molecular flexibility index (Phi) is 12.9. The lowest BCUT2D eigenvalue weighted by Gasteiger charge is -2.23. The molecule has 2 N–H and O–H groups in total. The van der Waals surface area contributed by atoms with Crippen molar-refractivity contribution in [1.29, 1.82) is 0 Å². The predicted octanol–water partition coefficient (Wildman–Crippen LogP) is 3.64. The molecule has 0 spiro atoms. The molecule has 138 valence electrons. The van der Waals surface area contributed by atoms with Gasteiger partial charge in [-0.25, -0.2) is 4.39 Å². The van der Waals surface area contributed by atoms with Gasteiger partial charge in [0.1, 0.15) is 5.82 Å². The topological polar surface area (TPSA) is 47.9 Å². The highest BCUT2D eigenvalue weighted by atomic mass is 127. The number of benzene rings is 1. The standard InChI is InChI=1S/C18H30FN3O.HI/c1-4-6-15(11-12-23)13-21-18(20-5-2)22(3)14-16-7-9-17(19)10-8-16;/h7-10,15,23H,4-6,11-14H2,1-3H3,(H,20,21);1H. The zero-order valence-corrected chi connectivity index (χ0v) is 17.3. The van der Waals surface area contributed by atoms with Gasteiger partial charge in [-0.15, -0.1) is 24.0 Å². The number of rotatable bonds is 9. The van der Waals surface area contributed by atoms with Gasteiger partial charge in [0.25, 0.3) is 0 Å². The molecule has 0 amide bonds. The fourth-order valence-electron chi connectivity index (χ4n) is 2.54. The first-order chi connectivity index (χ1) is 11.1. The molecule has 0 aromatic heterocycles. The highest BCUT2D eigenvalue weighted by Crippen LogP contribution is 2.12. The molecule has 0 heterocycles. The largest absolute Gasteiger partial charge is 0.396 e. The van der Waals surface area contributed by atoms with E-state index in [-0.39, 0.29) is 36.4 Å². The molecule has 1 atom stereocenters. The second-order valence-electron chi connectivity index (χ2n) is 5.84. The third-order valence-corrected chi connectivity index (χ3v) is 3.76. The Balaban J connectivity index is 0.00000529. The minimum absolute atomic E-state index is 0. The van der Waals surface area contributed by atoms with E-state index in [1.54, 1.807) is 12.1 Å². The van der Waals surface area contributed by atoms with Crippen molar-refractivity contribution >= 4 is 29.9 Å². The molecule has 1 aromatic carbocycles. The van der Waals surface area contributed by atoms with E-state index in [9.17, 15) is 4.39 Å². The number of aliphatic imine (C=N–C) groups is 1. The average molecular weight is 451 g/mol. The Hall–Kier alpha value is -0.890. The zero-order chi connectivity index (χ0) is 17.1. The van der Waals surface area contributed by atoms with Gasteiger partial charge >= 0.3 is 0 Å². The van der Waals surface area contributed by atoms with Crippen LogP contribution in [0.3, 0.4) is 0 Å².